The summed E-state index contributed by atoms with van der Waals surface area (Å²) in [6.07, 6.45) is 0.766. The van der Waals surface area contributed by atoms with Crippen molar-refractivity contribution in [2.75, 3.05) is 26.2 Å². The van der Waals surface area contributed by atoms with Crippen molar-refractivity contribution in [1.29, 1.82) is 0 Å². The van der Waals surface area contributed by atoms with Crippen molar-refractivity contribution in [1.82, 2.24) is 15.1 Å². The average molecular weight is 335 g/mol. The van der Waals surface area contributed by atoms with Crippen LogP contribution in [0.5, 0.6) is 0 Å². The van der Waals surface area contributed by atoms with E-state index in [1.54, 1.807) is 35.8 Å². The number of piperazine rings is 1. The van der Waals surface area contributed by atoms with Gasteiger partial charge in [0.15, 0.2) is 0 Å². The first-order valence-electron chi connectivity index (χ1n) is 7.86. The maximum Gasteiger partial charge on any atom is 0.237 e. The predicted octanol–water partition coefficient (Wildman–Crippen LogP) is 0.769. The first-order valence-corrected chi connectivity index (χ1v) is 7.86. The van der Waals surface area contributed by atoms with Crippen LogP contribution in [0.25, 0.3) is 0 Å². The van der Waals surface area contributed by atoms with E-state index in [0.29, 0.717) is 26.2 Å². The minimum absolute atomic E-state index is 0.231. The Morgan fingerprint density at radius 1 is 1.17 bits per heavy atom. The van der Waals surface area contributed by atoms with Gasteiger partial charge in [-0.25, -0.2) is 4.39 Å². The van der Waals surface area contributed by atoms with Crippen molar-refractivity contribution >= 4 is 18.2 Å². The molecule has 0 aliphatic carbocycles. The van der Waals surface area contributed by atoms with E-state index in [9.17, 15) is 18.8 Å². The highest BCUT2D eigenvalue weighted by atomic mass is 19.1. The SMILES string of the molecule is CC(C)(C(=O)NCc1ccc(F)cc1)C(=O)N1CCN(C=O)CC1. The summed E-state index contributed by atoms with van der Waals surface area (Å²) in [7, 11) is 0. The number of hydrogen-bond acceptors (Lipinski definition) is 3. The van der Waals surface area contributed by atoms with Crippen molar-refractivity contribution in [3.05, 3.63) is 35.6 Å². The van der Waals surface area contributed by atoms with Gasteiger partial charge in [-0.05, 0) is 31.5 Å². The van der Waals surface area contributed by atoms with Crippen LogP contribution in [0, 0.1) is 11.2 Å². The molecule has 0 bridgehead atoms. The van der Waals surface area contributed by atoms with Crippen LogP contribution in [-0.4, -0.2) is 54.2 Å². The smallest absolute Gasteiger partial charge is 0.237 e. The van der Waals surface area contributed by atoms with E-state index in [4.69, 9.17) is 0 Å². The molecular formula is C17H22FN3O3. The molecule has 3 amide bonds. The second kappa shape index (κ2) is 7.42. The van der Waals surface area contributed by atoms with Gasteiger partial charge in [0.1, 0.15) is 11.2 Å². The molecule has 1 N–H and O–H groups in total. The van der Waals surface area contributed by atoms with Crippen molar-refractivity contribution in [3.63, 3.8) is 0 Å². The van der Waals surface area contributed by atoms with Gasteiger partial charge in [-0.1, -0.05) is 12.1 Å². The Balaban J connectivity index is 1.92. The van der Waals surface area contributed by atoms with E-state index in [2.05, 4.69) is 5.32 Å². The lowest BCUT2D eigenvalue weighted by molar-refractivity contribution is -0.150. The molecule has 1 saturated heterocycles. The maximum atomic E-state index is 12.9. The van der Waals surface area contributed by atoms with Gasteiger partial charge in [0, 0.05) is 32.7 Å². The minimum Gasteiger partial charge on any atom is -0.351 e. The number of carbonyl (C=O) groups is 3. The zero-order valence-corrected chi connectivity index (χ0v) is 13.9. The first kappa shape index (κ1) is 17.9. The monoisotopic (exact) mass is 335 g/mol. The Bertz CT molecular complexity index is 608. The highest BCUT2D eigenvalue weighted by Gasteiger charge is 2.39. The topological polar surface area (TPSA) is 69.7 Å². The molecule has 130 valence electrons. The van der Waals surface area contributed by atoms with Gasteiger partial charge >= 0.3 is 0 Å². The number of halogens is 1. The standard InChI is InChI=1S/C17H22FN3O3/c1-17(2,16(24)21-9-7-20(12-22)8-10-21)15(23)19-11-13-3-5-14(18)6-4-13/h3-6,12H,7-11H2,1-2H3,(H,19,23). The first-order chi connectivity index (χ1) is 11.3. The number of amides is 3. The molecule has 0 unspecified atom stereocenters. The van der Waals surface area contributed by atoms with Crippen LogP contribution in [0.4, 0.5) is 4.39 Å². The van der Waals surface area contributed by atoms with E-state index in [1.807, 2.05) is 0 Å². The molecule has 1 aliphatic rings. The van der Waals surface area contributed by atoms with Crippen molar-refractivity contribution in [2.24, 2.45) is 5.41 Å². The van der Waals surface area contributed by atoms with Gasteiger partial charge < -0.3 is 15.1 Å². The lowest BCUT2D eigenvalue weighted by atomic mass is 9.90. The van der Waals surface area contributed by atoms with Crippen molar-refractivity contribution in [2.45, 2.75) is 20.4 Å². The van der Waals surface area contributed by atoms with E-state index in [-0.39, 0.29) is 24.2 Å². The summed E-state index contributed by atoms with van der Waals surface area (Å²) >= 11 is 0. The van der Waals surface area contributed by atoms with Gasteiger partial charge in [-0.15, -0.1) is 0 Å². The summed E-state index contributed by atoms with van der Waals surface area (Å²) in [4.78, 5) is 39.0. The third-order valence-electron chi connectivity index (χ3n) is 4.22. The molecule has 1 fully saturated rings. The van der Waals surface area contributed by atoms with Gasteiger partial charge in [-0.2, -0.15) is 0 Å². The van der Waals surface area contributed by atoms with Crippen molar-refractivity contribution in [3.8, 4) is 0 Å². The Labute approximate surface area is 140 Å². The molecule has 0 radical (unpaired) electrons. The summed E-state index contributed by atoms with van der Waals surface area (Å²) < 4.78 is 12.9. The number of nitrogens with zero attached hydrogens (tertiary/aromatic N) is 2. The molecule has 1 aliphatic heterocycles. The molecule has 0 aromatic heterocycles. The summed E-state index contributed by atoms with van der Waals surface area (Å²) in [6.45, 7) is 5.20. The fraction of sp³-hybridized carbons (Fsp3) is 0.471. The fourth-order valence-corrected chi connectivity index (χ4v) is 2.53. The Morgan fingerprint density at radius 2 is 1.75 bits per heavy atom. The van der Waals surface area contributed by atoms with E-state index >= 15 is 0 Å². The lowest BCUT2D eigenvalue weighted by Crippen LogP contribution is -2.55. The van der Waals surface area contributed by atoms with Gasteiger partial charge in [0.2, 0.25) is 18.2 Å². The third kappa shape index (κ3) is 4.10. The second-order valence-corrected chi connectivity index (χ2v) is 6.37. The number of benzene rings is 1. The number of nitrogens with one attached hydrogen (secondary N) is 1. The quantitative estimate of drug-likeness (QED) is 0.638. The van der Waals surface area contributed by atoms with Gasteiger partial charge in [0.25, 0.3) is 0 Å². The fourth-order valence-electron chi connectivity index (χ4n) is 2.53. The number of hydrogen-bond donors (Lipinski definition) is 1. The summed E-state index contributed by atoms with van der Waals surface area (Å²) in [5.41, 5.74) is -0.448. The average Bonchev–Trinajstić information content (AvgIpc) is 2.60. The molecule has 2 rings (SSSR count). The largest absolute Gasteiger partial charge is 0.351 e. The maximum absolute atomic E-state index is 12.9. The predicted molar refractivity (Wildman–Crippen MR) is 86.2 cm³/mol. The van der Waals surface area contributed by atoms with Crippen LogP contribution in [0.1, 0.15) is 19.4 Å². The van der Waals surface area contributed by atoms with E-state index < -0.39 is 5.41 Å². The molecule has 24 heavy (non-hydrogen) atoms. The number of rotatable bonds is 5. The summed E-state index contributed by atoms with van der Waals surface area (Å²) in [6, 6.07) is 5.82. The molecule has 0 spiro atoms. The molecule has 6 nitrogen and oxygen atoms in total. The molecular weight excluding hydrogens is 313 g/mol. The zero-order valence-electron chi connectivity index (χ0n) is 13.9. The third-order valence-corrected chi connectivity index (χ3v) is 4.22. The van der Waals surface area contributed by atoms with Gasteiger partial charge in [0.05, 0.1) is 0 Å². The zero-order chi connectivity index (χ0) is 17.7. The van der Waals surface area contributed by atoms with E-state index in [0.717, 1.165) is 12.0 Å². The molecule has 1 heterocycles. The van der Waals surface area contributed by atoms with Crippen LogP contribution in [0.3, 0.4) is 0 Å². The molecule has 1 aromatic rings. The second-order valence-electron chi connectivity index (χ2n) is 6.37. The minimum atomic E-state index is -1.20. The highest BCUT2D eigenvalue weighted by Crippen LogP contribution is 2.20. The Hall–Kier alpha value is -2.44. The normalized spacial score (nSPS) is 15.1. The van der Waals surface area contributed by atoms with Crippen molar-refractivity contribution < 1.29 is 18.8 Å². The number of carbonyl (C=O) groups excluding carboxylic acids is 3. The molecule has 1 aromatic carbocycles. The van der Waals surface area contributed by atoms with E-state index in [1.165, 1.54) is 12.1 Å². The highest BCUT2D eigenvalue weighted by molar-refractivity contribution is 6.04. The van der Waals surface area contributed by atoms with Crippen LogP contribution < -0.4 is 5.32 Å². The lowest BCUT2D eigenvalue weighted by Gasteiger charge is -2.36. The van der Waals surface area contributed by atoms with Crippen LogP contribution in [-0.2, 0) is 20.9 Å². The summed E-state index contributed by atoms with van der Waals surface area (Å²) in [5.74, 6) is -0.977. The molecule has 0 saturated carbocycles. The summed E-state index contributed by atoms with van der Waals surface area (Å²) in [5, 5.41) is 2.72. The molecule has 0 atom stereocenters. The van der Waals surface area contributed by atoms with Crippen LogP contribution in [0.15, 0.2) is 24.3 Å². The van der Waals surface area contributed by atoms with Crippen LogP contribution in [0.2, 0.25) is 0 Å². The Kier molecular flexibility index (Phi) is 5.54. The van der Waals surface area contributed by atoms with Crippen LogP contribution >= 0.6 is 0 Å². The Morgan fingerprint density at radius 3 is 2.29 bits per heavy atom. The molecule has 7 heteroatoms. The van der Waals surface area contributed by atoms with Gasteiger partial charge in [-0.3, -0.25) is 14.4 Å².